The summed E-state index contributed by atoms with van der Waals surface area (Å²) in [6.45, 7) is 8.09. The van der Waals surface area contributed by atoms with Crippen LogP contribution in [-0.4, -0.2) is 10.7 Å². The predicted octanol–water partition coefficient (Wildman–Crippen LogP) is 3.75. The molecule has 2 heteroatoms. The first-order valence-electron chi connectivity index (χ1n) is 5.39. The number of pyridine rings is 1. The van der Waals surface area contributed by atoms with Gasteiger partial charge in [-0.1, -0.05) is 17.7 Å². The molecule has 0 bridgehead atoms. The highest BCUT2D eigenvalue weighted by atomic mass is 14.7. The van der Waals surface area contributed by atoms with Gasteiger partial charge in [-0.3, -0.25) is 10.4 Å². The van der Waals surface area contributed by atoms with Crippen LogP contribution in [0.2, 0.25) is 0 Å². The Morgan fingerprint density at radius 2 is 1.88 bits per heavy atom. The van der Waals surface area contributed by atoms with Crippen LogP contribution in [0.25, 0.3) is 0 Å². The van der Waals surface area contributed by atoms with Gasteiger partial charge in [0.25, 0.3) is 0 Å². The average molecular weight is 214 g/mol. The van der Waals surface area contributed by atoms with Crippen LogP contribution in [0.5, 0.6) is 0 Å². The molecule has 1 rings (SSSR count). The molecule has 1 heterocycles. The fraction of sp³-hybridized carbons (Fsp3) is 0.286. The molecule has 0 amide bonds. The van der Waals surface area contributed by atoms with Crippen molar-refractivity contribution >= 4 is 5.71 Å². The van der Waals surface area contributed by atoms with Gasteiger partial charge in [0, 0.05) is 6.20 Å². The summed E-state index contributed by atoms with van der Waals surface area (Å²) in [6.07, 6.45) is 3.78. The van der Waals surface area contributed by atoms with Gasteiger partial charge in [-0.15, -0.1) is 0 Å². The van der Waals surface area contributed by atoms with Gasteiger partial charge < -0.3 is 0 Å². The Kier molecular flexibility index (Phi) is 4.18. The smallest absolute Gasteiger partial charge is 0.0881 e. The van der Waals surface area contributed by atoms with Crippen LogP contribution in [0.3, 0.4) is 0 Å². The van der Waals surface area contributed by atoms with Crippen molar-refractivity contribution in [2.24, 2.45) is 0 Å². The Morgan fingerprint density at radius 1 is 1.19 bits per heavy atom. The fourth-order valence-corrected chi connectivity index (χ4v) is 1.40. The molecule has 1 N–H and O–H groups in total. The Hall–Kier alpha value is -1.70. The van der Waals surface area contributed by atoms with Crippen LogP contribution in [0, 0.1) is 5.41 Å². The molecule has 0 unspecified atom stereocenters. The van der Waals surface area contributed by atoms with Crippen LogP contribution >= 0.6 is 0 Å². The summed E-state index contributed by atoms with van der Waals surface area (Å²) in [5.41, 5.74) is 4.56. The molecular formula is C14H18N2. The normalized spacial score (nSPS) is 13.4. The van der Waals surface area contributed by atoms with Crippen LogP contribution in [0.1, 0.15) is 33.4 Å². The van der Waals surface area contributed by atoms with E-state index in [1.807, 2.05) is 39.0 Å². The van der Waals surface area contributed by atoms with Crippen molar-refractivity contribution in [1.82, 2.24) is 4.98 Å². The zero-order valence-corrected chi connectivity index (χ0v) is 10.3. The van der Waals surface area contributed by atoms with E-state index in [2.05, 4.69) is 18.0 Å². The van der Waals surface area contributed by atoms with Crippen molar-refractivity contribution in [2.75, 3.05) is 0 Å². The van der Waals surface area contributed by atoms with Crippen molar-refractivity contribution in [1.29, 1.82) is 5.41 Å². The second kappa shape index (κ2) is 5.40. The molecule has 0 aliphatic rings. The van der Waals surface area contributed by atoms with Crippen molar-refractivity contribution in [3.63, 3.8) is 0 Å². The molecule has 0 spiro atoms. The van der Waals surface area contributed by atoms with Crippen LogP contribution in [-0.2, 0) is 0 Å². The third-order valence-corrected chi connectivity index (χ3v) is 2.88. The number of aromatic nitrogens is 1. The summed E-state index contributed by atoms with van der Waals surface area (Å²) in [6, 6.07) is 5.63. The topological polar surface area (TPSA) is 36.7 Å². The highest BCUT2D eigenvalue weighted by Gasteiger charge is 2.08. The molecule has 0 aromatic carbocycles. The fourth-order valence-electron chi connectivity index (χ4n) is 1.40. The highest BCUT2D eigenvalue weighted by Crippen LogP contribution is 2.16. The maximum Gasteiger partial charge on any atom is 0.0881 e. The minimum atomic E-state index is 0.499. The monoisotopic (exact) mass is 214 g/mol. The van der Waals surface area contributed by atoms with E-state index in [9.17, 15) is 0 Å². The molecule has 0 aliphatic heterocycles. The molecule has 1 aromatic rings. The van der Waals surface area contributed by atoms with Gasteiger partial charge in [0.15, 0.2) is 0 Å². The van der Waals surface area contributed by atoms with E-state index in [0.29, 0.717) is 5.71 Å². The van der Waals surface area contributed by atoms with E-state index < -0.39 is 0 Å². The first-order chi connectivity index (χ1) is 7.57. The lowest BCUT2D eigenvalue weighted by molar-refractivity contribution is 1.23. The third kappa shape index (κ3) is 2.66. The second-order valence-corrected chi connectivity index (χ2v) is 3.81. The molecule has 0 fully saturated rings. The van der Waals surface area contributed by atoms with Crippen molar-refractivity contribution < 1.29 is 0 Å². The second-order valence-electron chi connectivity index (χ2n) is 3.81. The largest absolute Gasteiger partial charge is 0.298 e. The Balaban J connectivity index is 3.09. The van der Waals surface area contributed by atoms with Gasteiger partial charge in [0.05, 0.1) is 11.4 Å². The summed E-state index contributed by atoms with van der Waals surface area (Å²) in [7, 11) is 0. The SMILES string of the molecule is CC=C(C)/C(C)=C(\C)C(=N)c1ccccn1. The Morgan fingerprint density at radius 3 is 2.38 bits per heavy atom. The maximum atomic E-state index is 8.09. The third-order valence-electron chi connectivity index (χ3n) is 2.88. The minimum Gasteiger partial charge on any atom is -0.298 e. The minimum absolute atomic E-state index is 0.499. The number of nitrogens with one attached hydrogen (secondary N) is 1. The molecule has 0 radical (unpaired) electrons. The predicted molar refractivity (Wildman–Crippen MR) is 68.9 cm³/mol. The Bertz CT molecular complexity index is 439. The summed E-state index contributed by atoms with van der Waals surface area (Å²) in [5.74, 6) is 0. The van der Waals surface area contributed by atoms with Gasteiger partial charge in [-0.05, 0) is 51.0 Å². The van der Waals surface area contributed by atoms with E-state index in [0.717, 1.165) is 16.8 Å². The van der Waals surface area contributed by atoms with E-state index in [1.165, 1.54) is 5.57 Å². The first-order valence-corrected chi connectivity index (χ1v) is 5.39. The summed E-state index contributed by atoms with van der Waals surface area (Å²) in [5, 5.41) is 8.09. The lowest BCUT2D eigenvalue weighted by Crippen LogP contribution is -2.05. The van der Waals surface area contributed by atoms with Crippen LogP contribution in [0.4, 0.5) is 0 Å². The van der Waals surface area contributed by atoms with Gasteiger partial charge in [0.2, 0.25) is 0 Å². The van der Waals surface area contributed by atoms with Gasteiger partial charge >= 0.3 is 0 Å². The van der Waals surface area contributed by atoms with Crippen molar-refractivity contribution in [2.45, 2.75) is 27.7 Å². The Labute approximate surface area is 97.2 Å². The van der Waals surface area contributed by atoms with Gasteiger partial charge in [0.1, 0.15) is 0 Å². The zero-order chi connectivity index (χ0) is 12.1. The first kappa shape index (κ1) is 12.4. The van der Waals surface area contributed by atoms with Crippen LogP contribution in [0.15, 0.2) is 47.2 Å². The molecule has 0 atom stereocenters. The van der Waals surface area contributed by atoms with E-state index >= 15 is 0 Å². The van der Waals surface area contributed by atoms with E-state index in [-0.39, 0.29) is 0 Å². The molecule has 0 saturated carbocycles. The van der Waals surface area contributed by atoms with Crippen LogP contribution < -0.4 is 0 Å². The molecule has 84 valence electrons. The number of hydrogen-bond acceptors (Lipinski definition) is 2. The number of allylic oxidation sites excluding steroid dienone is 4. The maximum absolute atomic E-state index is 8.09. The van der Waals surface area contributed by atoms with Gasteiger partial charge in [-0.25, -0.2) is 0 Å². The van der Waals surface area contributed by atoms with E-state index in [1.54, 1.807) is 6.20 Å². The molecule has 2 nitrogen and oxygen atoms in total. The standard InChI is InChI=1S/C14H18N2/c1-5-10(2)11(3)12(4)14(15)13-8-6-7-9-16-13/h5-9,15H,1-4H3/b10-5?,12-11+,15-14?. The van der Waals surface area contributed by atoms with Crippen molar-refractivity contribution in [3.8, 4) is 0 Å². The quantitative estimate of drug-likeness (QED) is 0.603. The molecule has 0 saturated heterocycles. The molecule has 16 heavy (non-hydrogen) atoms. The van der Waals surface area contributed by atoms with E-state index in [4.69, 9.17) is 5.41 Å². The lowest BCUT2D eigenvalue weighted by atomic mass is 9.98. The molecule has 1 aromatic heterocycles. The summed E-state index contributed by atoms with van der Waals surface area (Å²) in [4.78, 5) is 4.19. The highest BCUT2D eigenvalue weighted by molar-refractivity contribution is 6.09. The number of rotatable bonds is 3. The average Bonchev–Trinajstić information content (AvgIpc) is 2.36. The van der Waals surface area contributed by atoms with Gasteiger partial charge in [-0.2, -0.15) is 0 Å². The number of nitrogens with zero attached hydrogens (tertiary/aromatic N) is 1. The number of hydrogen-bond donors (Lipinski definition) is 1. The zero-order valence-electron chi connectivity index (χ0n) is 10.3. The summed E-state index contributed by atoms with van der Waals surface area (Å²) < 4.78 is 0. The lowest BCUT2D eigenvalue weighted by Gasteiger charge is -2.09. The molecule has 0 aliphatic carbocycles. The summed E-state index contributed by atoms with van der Waals surface area (Å²) >= 11 is 0. The molecular weight excluding hydrogens is 196 g/mol. The van der Waals surface area contributed by atoms with Crippen molar-refractivity contribution in [3.05, 3.63) is 52.9 Å².